The molecule has 0 radical (unpaired) electrons. The van der Waals surface area contributed by atoms with E-state index in [2.05, 4.69) is 26.2 Å². The fraction of sp³-hybridized carbons (Fsp3) is 0.214. The maximum atomic E-state index is 9.81. The zero-order chi connectivity index (χ0) is 13.1. The van der Waals surface area contributed by atoms with Crippen molar-refractivity contribution in [3.63, 3.8) is 0 Å². The first kappa shape index (κ1) is 12.9. The van der Waals surface area contributed by atoms with Gasteiger partial charge in [-0.2, -0.15) is 0 Å². The number of nitrogens with zero attached hydrogens (tertiary/aromatic N) is 1. The third-order valence-corrected chi connectivity index (χ3v) is 3.27. The lowest BCUT2D eigenvalue weighted by Crippen LogP contribution is -2.08. The van der Waals surface area contributed by atoms with Gasteiger partial charge in [-0.3, -0.25) is 0 Å². The molecule has 0 spiro atoms. The van der Waals surface area contributed by atoms with E-state index in [1.807, 2.05) is 44.2 Å². The van der Waals surface area contributed by atoms with E-state index in [4.69, 9.17) is 0 Å². The van der Waals surface area contributed by atoms with Crippen molar-refractivity contribution in [2.45, 2.75) is 19.9 Å². The zero-order valence-corrected chi connectivity index (χ0v) is 11.9. The molecule has 0 aliphatic rings. The molecule has 0 amide bonds. The molecule has 0 saturated heterocycles. The van der Waals surface area contributed by atoms with Crippen molar-refractivity contribution < 1.29 is 5.11 Å². The molecule has 94 valence electrons. The molecule has 1 unspecified atom stereocenters. The van der Waals surface area contributed by atoms with Crippen LogP contribution in [0.2, 0.25) is 0 Å². The monoisotopic (exact) mass is 306 g/mol. The van der Waals surface area contributed by atoms with Crippen molar-refractivity contribution in [1.82, 2.24) is 4.98 Å². The summed E-state index contributed by atoms with van der Waals surface area (Å²) in [7, 11) is 0. The number of hydrogen-bond donors (Lipinski definition) is 2. The normalized spacial score (nSPS) is 12.2. The van der Waals surface area contributed by atoms with Gasteiger partial charge >= 0.3 is 0 Å². The number of pyridine rings is 1. The summed E-state index contributed by atoms with van der Waals surface area (Å²) in [5, 5.41) is 13.2. The number of aryl methyl sites for hydroxylation is 1. The Morgan fingerprint density at radius 2 is 1.94 bits per heavy atom. The highest BCUT2D eigenvalue weighted by Gasteiger charge is 2.10. The van der Waals surface area contributed by atoms with Crippen molar-refractivity contribution in [2.24, 2.45) is 0 Å². The van der Waals surface area contributed by atoms with Crippen molar-refractivity contribution in [3.8, 4) is 5.75 Å². The highest BCUT2D eigenvalue weighted by molar-refractivity contribution is 9.10. The Morgan fingerprint density at radius 1 is 1.22 bits per heavy atom. The highest BCUT2D eigenvalue weighted by Crippen LogP contribution is 2.27. The Kier molecular flexibility index (Phi) is 3.87. The van der Waals surface area contributed by atoms with E-state index < -0.39 is 0 Å². The molecule has 0 aliphatic heterocycles. The molecule has 1 heterocycles. The number of para-hydroxylation sites is 1. The minimum atomic E-state index is 0.0212. The molecule has 0 saturated carbocycles. The molecule has 4 heteroatoms. The lowest BCUT2D eigenvalue weighted by atomic mass is 10.1. The van der Waals surface area contributed by atoms with Gasteiger partial charge < -0.3 is 10.4 Å². The molecular formula is C14H15BrN2O. The maximum absolute atomic E-state index is 9.81. The van der Waals surface area contributed by atoms with E-state index in [0.717, 1.165) is 21.5 Å². The van der Waals surface area contributed by atoms with Crippen LogP contribution in [0.5, 0.6) is 5.75 Å². The van der Waals surface area contributed by atoms with Crippen molar-refractivity contribution >= 4 is 21.6 Å². The predicted molar refractivity (Wildman–Crippen MR) is 76.8 cm³/mol. The molecule has 2 aromatic rings. The predicted octanol–water partition coefficient (Wildman–Crippen LogP) is 4.03. The summed E-state index contributed by atoms with van der Waals surface area (Å²) in [5.41, 5.74) is 2.76. The second-order valence-corrected chi connectivity index (χ2v) is 5.00. The Balaban J connectivity index is 2.21. The molecule has 0 aliphatic carbocycles. The molecule has 2 rings (SSSR count). The van der Waals surface area contributed by atoms with E-state index in [1.165, 1.54) is 0 Å². The average Bonchev–Trinajstić information content (AvgIpc) is 2.33. The Hall–Kier alpha value is -1.55. The van der Waals surface area contributed by atoms with Crippen LogP contribution in [-0.2, 0) is 0 Å². The summed E-state index contributed by atoms with van der Waals surface area (Å²) in [6, 6.07) is 11.2. The van der Waals surface area contributed by atoms with E-state index in [-0.39, 0.29) is 6.04 Å². The van der Waals surface area contributed by atoms with Crippen LogP contribution >= 0.6 is 15.9 Å². The van der Waals surface area contributed by atoms with Crippen LogP contribution in [0.25, 0.3) is 0 Å². The van der Waals surface area contributed by atoms with Crippen LogP contribution in [0.15, 0.2) is 41.0 Å². The highest BCUT2D eigenvalue weighted by atomic mass is 79.9. The second kappa shape index (κ2) is 5.40. The van der Waals surface area contributed by atoms with Gasteiger partial charge in [0, 0.05) is 5.56 Å². The number of aromatic hydroxyl groups is 1. The summed E-state index contributed by atoms with van der Waals surface area (Å²) in [6.07, 6.45) is 0. The van der Waals surface area contributed by atoms with Crippen LogP contribution in [0, 0.1) is 6.92 Å². The lowest BCUT2D eigenvalue weighted by molar-refractivity contribution is 0.465. The van der Waals surface area contributed by atoms with Crippen LogP contribution in [0.1, 0.15) is 24.2 Å². The Labute approximate surface area is 115 Å². The number of hydrogen-bond acceptors (Lipinski definition) is 3. The SMILES string of the molecule is Cc1nc(Br)ccc1NC(C)c1ccccc1O. The molecular weight excluding hydrogens is 292 g/mol. The first-order valence-corrected chi connectivity index (χ1v) is 6.55. The minimum absolute atomic E-state index is 0.0212. The topological polar surface area (TPSA) is 45.2 Å². The van der Waals surface area contributed by atoms with Crippen molar-refractivity contribution in [2.75, 3.05) is 5.32 Å². The van der Waals surface area contributed by atoms with Gasteiger partial charge in [-0.1, -0.05) is 18.2 Å². The van der Waals surface area contributed by atoms with Gasteiger partial charge in [0.2, 0.25) is 0 Å². The van der Waals surface area contributed by atoms with Crippen LogP contribution < -0.4 is 5.32 Å². The lowest BCUT2D eigenvalue weighted by Gasteiger charge is -2.18. The number of aromatic nitrogens is 1. The van der Waals surface area contributed by atoms with Gasteiger partial charge in [0.25, 0.3) is 0 Å². The van der Waals surface area contributed by atoms with Crippen LogP contribution in [-0.4, -0.2) is 10.1 Å². The number of anilines is 1. The standard InChI is InChI=1S/C14H15BrN2O/c1-9(11-5-3-4-6-13(11)18)16-12-7-8-14(15)17-10(12)2/h3-9,16,18H,1-2H3. The van der Waals surface area contributed by atoms with E-state index >= 15 is 0 Å². The molecule has 0 fully saturated rings. The van der Waals surface area contributed by atoms with E-state index in [1.54, 1.807) is 6.07 Å². The fourth-order valence-electron chi connectivity index (χ4n) is 1.85. The summed E-state index contributed by atoms with van der Waals surface area (Å²) in [4.78, 5) is 4.33. The molecule has 2 N–H and O–H groups in total. The summed E-state index contributed by atoms with van der Waals surface area (Å²) < 4.78 is 0.820. The van der Waals surface area contributed by atoms with E-state index in [9.17, 15) is 5.11 Å². The average molecular weight is 307 g/mol. The molecule has 3 nitrogen and oxygen atoms in total. The molecule has 1 atom stereocenters. The Morgan fingerprint density at radius 3 is 2.61 bits per heavy atom. The summed E-state index contributed by atoms with van der Waals surface area (Å²) in [5.74, 6) is 0.306. The fourth-order valence-corrected chi connectivity index (χ4v) is 2.25. The maximum Gasteiger partial charge on any atom is 0.120 e. The van der Waals surface area contributed by atoms with Gasteiger partial charge in [-0.15, -0.1) is 0 Å². The number of nitrogens with one attached hydrogen (secondary N) is 1. The number of phenolic OH excluding ortho intramolecular Hbond substituents is 1. The van der Waals surface area contributed by atoms with Gasteiger partial charge in [0.1, 0.15) is 10.4 Å². The van der Waals surface area contributed by atoms with E-state index in [0.29, 0.717) is 5.75 Å². The van der Waals surface area contributed by atoms with Crippen LogP contribution in [0.3, 0.4) is 0 Å². The van der Waals surface area contributed by atoms with Crippen molar-refractivity contribution in [1.29, 1.82) is 0 Å². The van der Waals surface area contributed by atoms with Crippen molar-refractivity contribution in [3.05, 3.63) is 52.3 Å². The number of benzene rings is 1. The zero-order valence-electron chi connectivity index (χ0n) is 10.3. The van der Waals surface area contributed by atoms with Gasteiger partial charge in [-0.05, 0) is 48.0 Å². The Bertz CT molecular complexity index is 557. The molecule has 18 heavy (non-hydrogen) atoms. The summed E-state index contributed by atoms with van der Waals surface area (Å²) in [6.45, 7) is 3.96. The first-order chi connectivity index (χ1) is 8.58. The van der Waals surface area contributed by atoms with Gasteiger partial charge in [0.15, 0.2) is 0 Å². The van der Waals surface area contributed by atoms with Crippen LogP contribution in [0.4, 0.5) is 5.69 Å². The quantitative estimate of drug-likeness (QED) is 0.842. The first-order valence-electron chi connectivity index (χ1n) is 5.75. The number of phenols is 1. The minimum Gasteiger partial charge on any atom is -0.508 e. The molecule has 1 aromatic carbocycles. The largest absolute Gasteiger partial charge is 0.508 e. The number of halogens is 1. The van der Waals surface area contributed by atoms with Gasteiger partial charge in [0.05, 0.1) is 17.4 Å². The molecule has 0 bridgehead atoms. The van der Waals surface area contributed by atoms with Gasteiger partial charge in [-0.25, -0.2) is 4.98 Å². The number of rotatable bonds is 3. The smallest absolute Gasteiger partial charge is 0.120 e. The molecule has 1 aromatic heterocycles. The third kappa shape index (κ3) is 2.82. The second-order valence-electron chi connectivity index (χ2n) is 4.19. The summed E-state index contributed by atoms with van der Waals surface area (Å²) >= 11 is 3.34. The third-order valence-electron chi connectivity index (χ3n) is 2.83.